The van der Waals surface area contributed by atoms with Gasteiger partial charge >= 0.3 is 0 Å². The predicted molar refractivity (Wildman–Crippen MR) is 95.3 cm³/mol. The molecular weight excluding hydrogens is 315 g/mol. The van der Waals surface area contributed by atoms with E-state index in [1.54, 1.807) is 6.07 Å². The van der Waals surface area contributed by atoms with Crippen LogP contribution in [-0.4, -0.2) is 23.9 Å². The van der Waals surface area contributed by atoms with Gasteiger partial charge in [-0.1, -0.05) is 42.5 Å². The van der Waals surface area contributed by atoms with Gasteiger partial charge in [0.05, 0.1) is 5.41 Å². The van der Waals surface area contributed by atoms with Crippen molar-refractivity contribution >= 4 is 5.91 Å². The molecule has 2 aliphatic heterocycles. The third kappa shape index (κ3) is 3.19. The van der Waals surface area contributed by atoms with Gasteiger partial charge in [-0.05, 0) is 49.5 Å². The van der Waals surface area contributed by atoms with Crippen molar-refractivity contribution in [3.05, 3.63) is 71.0 Å². The molecule has 2 aromatic rings. The molecule has 4 rings (SSSR count). The predicted octanol–water partition coefficient (Wildman–Crippen LogP) is 3.28. The van der Waals surface area contributed by atoms with Gasteiger partial charge < -0.3 is 5.32 Å². The van der Waals surface area contributed by atoms with Crippen molar-refractivity contribution < 1.29 is 9.18 Å². The zero-order valence-corrected chi connectivity index (χ0v) is 14.3. The lowest BCUT2D eigenvalue weighted by molar-refractivity contribution is -0.133. The number of fused-ring (bicyclic) bond motifs is 1. The van der Waals surface area contributed by atoms with E-state index in [0.29, 0.717) is 13.1 Å². The Balaban J connectivity index is 1.48. The number of benzene rings is 2. The van der Waals surface area contributed by atoms with Crippen LogP contribution >= 0.6 is 0 Å². The van der Waals surface area contributed by atoms with Crippen molar-refractivity contribution in [2.45, 2.75) is 32.4 Å². The third-order valence-electron chi connectivity index (χ3n) is 5.73. The Labute approximate surface area is 147 Å². The number of hydrogen-bond donors (Lipinski definition) is 1. The van der Waals surface area contributed by atoms with Crippen molar-refractivity contribution in [2.24, 2.45) is 5.41 Å². The van der Waals surface area contributed by atoms with Gasteiger partial charge in [0.15, 0.2) is 0 Å². The Bertz CT molecular complexity index is 781. The number of rotatable bonds is 2. The Hall–Kier alpha value is -2.20. The van der Waals surface area contributed by atoms with E-state index in [2.05, 4.69) is 28.4 Å². The van der Waals surface area contributed by atoms with Gasteiger partial charge in [-0.3, -0.25) is 9.69 Å². The zero-order chi connectivity index (χ0) is 17.3. The molecule has 1 fully saturated rings. The summed E-state index contributed by atoms with van der Waals surface area (Å²) in [5, 5.41) is 3.12. The van der Waals surface area contributed by atoms with Gasteiger partial charge in [-0.2, -0.15) is 0 Å². The van der Waals surface area contributed by atoms with E-state index in [4.69, 9.17) is 0 Å². The zero-order valence-electron chi connectivity index (χ0n) is 14.3. The van der Waals surface area contributed by atoms with Crippen molar-refractivity contribution in [3.8, 4) is 0 Å². The second kappa shape index (κ2) is 6.60. The maximum atomic E-state index is 13.9. The fraction of sp³-hybridized carbons (Fsp3) is 0.381. The van der Waals surface area contributed by atoms with Crippen molar-refractivity contribution in [3.63, 3.8) is 0 Å². The summed E-state index contributed by atoms with van der Waals surface area (Å²) in [7, 11) is 0. The molecular formula is C21H23FN2O. The van der Waals surface area contributed by atoms with Crippen LogP contribution in [0.1, 0.15) is 29.5 Å². The van der Waals surface area contributed by atoms with Crippen molar-refractivity contribution in [2.75, 3.05) is 13.1 Å². The van der Waals surface area contributed by atoms with E-state index < -0.39 is 0 Å². The molecule has 0 radical (unpaired) electrons. The lowest BCUT2D eigenvalue weighted by atomic mass is 9.73. The molecule has 3 nitrogen and oxygen atoms in total. The number of nitrogens with one attached hydrogen (secondary N) is 1. The summed E-state index contributed by atoms with van der Waals surface area (Å²) in [6.45, 7) is 2.88. The number of halogens is 1. The van der Waals surface area contributed by atoms with Crippen LogP contribution in [0, 0.1) is 11.2 Å². The molecule has 0 atom stereocenters. The van der Waals surface area contributed by atoms with Crippen LogP contribution in [0.2, 0.25) is 0 Å². The van der Waals surface area contributed by atoms with Crippen LogP contribution in [0.4, 0.5) is 4.39 Å². The average molecular weight is 338 g/mol. The lowest BCUT2D eigenvalue weighted by Crippen LogP contribution is -2.48. The number of carbonyl (C=O) groups excluding carboxylic acids is 1. The Kier molecular flexibility index (Phi) is 4.30. The molecule has 2 heterocycles. The summed E-state index contributed by atoms with van der Waals surface area (Å²) in [4.78, 5) is 15.0. The first-order valence-electron chi connectivity index (χ1n) is 8.97. The Morgan fingerprint density at radius 2 is 1.68 bits per heavy atom. The minimum absolute atomic E-state index is 0.149. The first kappa shape index (κ1) is 16.3. The molecule has 1 amide bonds. The number of likely N-dealkylation sites (tertiary alicyclic amines) is 1. The third-order valence-corrected chi connectivity index (χ3v) is 5.73. The maximum absolute atomic E-state index is 13.9. The number of carbonyl (C=O) groups is 1. The summed E-state index contributed by atoms with van der Waals surface area (Å²) in [5.41, 5.74) is 2.91. The molecule has 2 aliphatic rings. The standard InChI is InChI=1S/C21H23FN2O/c22-19-8-4-3-7-18(19)15-24-11-9-21(10-12-24)13-16-5-1-2-6-17(16)14-23-20(21)25/h1-8H,9-15H2,(H,23,25). The largest absolute Gasteiger partial charge is 0.352 e. The summed E-state index contributed by atoms with van der Waals surface area (Å²) in [6, 6.07) is 15.3. The molecule has 1 spiro atoms. The van der Waals surface area contributed by atoms with Crippen LogP contribution in [-0.2, 0) is 24.3 Å². The smallest absolute Gasteiger partial charge is 0.226 e. The first-order valence-corrected chi connectivity index (χ1v) is 8.97. The van der Waals surface area contributed by atoms with Gasteiger partial charge in [0.2, 0.25) is 5.91 Å². The van der Waals surface area contributed by atoms with Gasteiger partial charge in [-0.25, -0.2) is 4.39 Å². The fourth-order valence-electron chi connectivity index (χ4n) is 4.12. The number of nitrogens with zero attached hydrogens (tertiary/aromatic N) is 1. The van der Waals surface area contributed by atoms with Gasteiger partial charge in [0.1, 0.15) is 5.82 Å². The molecule has 0 aliphatic carbocycles. The fourth-order valence-corrected chi connectivity index (χ4v) is 4.12. The number of hydrogen-bond acceptors (Lipinski definition) is 2. The highest BCUT2D eigenvalue weighted by atomic mass is 19.1. The van der Waals surface area contributed by atoms with Crippen LogP contribution in [0.5, 0.6) is 0 Å². The molecule has 0 bridgehead atoms. The lowest BCUT2D eigenvalue weighted by Gasteiger charge is -2.40. The quantitative estimate of drug-likeness (QED) is 0.911. The van der Waals surface area contributed by atoms with Crippen molar-refractivity contribution in [1.82, 2.24) is 10.2 Å². The molecule has 25 heavy (non-hydrogen) atoms. The van der Waals surface area contributed by atoms with E-state index in [-0.39, 0.29) is 17.1 Å². The van der Waals surface area contributed by atoms with E-state index in [0.717, 1.165) is 37.9 Å². The summed E-state index contributed by atoms with van der Waals surface area (Å²) in [6.07, 6.45) is 2.45. The number of piperidine rings is 1. The SMILES string of the molecule is O=C1NCc2ccccc2CC12CCN(Cc1ccccc1F)CC2. The highest BCUT2D eigenvalue weighted by molar-refractivity contribution is 5.83. The minimum atomic E-state index is -0.321. The molecule has 1 saturated heterocycles. The highest BCUT2D eigenvalue weighted by Crippen LogP contribution is 2.38. The van der Waals surface area contributed by atoms with Crippen LogP contribution in [0.3, 0.4) is 0 Å². The van der Waals surface area contributed by atoms with Crippen molar-refractivity contribution in [1.29, 1.82) is 0 Å². The second-order valence-corrected chi connectivity index (χ2v) is 7.28. The Morgan fingerprint density at radius 3 is 2.44 bits per heavy atom. The summed E-state index contributed by atoms with van der Waals surface area (Å²) >= 11 is 0. The van der Waals surface area contributed by atoms with E-state index >= 15 is 0 Å². The molecule has 130 valence electrons. The van der Waals surface area contributed by atoms with Crippen LogP contribution in [0.25, 0.3) is 0 Å². The first-order chi connectivity index (χ1) is 12.2. The van der Waals surface area contributed by atoms with E-state index in [1.165, 1.54) is 17.2 Å². The normalized spacial score (nSPS) is 20.0. The molecule has 1 N–H and O–H groups in total. The molecule has 0 unspecified atom stereocenters. The Morgan fingerprint density at radius 1 is 1.00 bits per heavy atom. The van der Waals surface area contributed by atoms with E-state index in [1.807, 2.05) is 18.2 Å². The van der Waals surface area contributed by atoms with E-state index in [9.17, 15) is 9.18 Å². The molecule has 4 heteroatoms. The number of amides is 1. The monoisotopic (exact) mass is 338 g/mol. The summed E-state index contributed by atoms with van der Waals surface area (Å²) < 4.78 is 13.9. The molecule has 2 aromatic carbocycles. The molecule has 0 saturated carbocycles. The van der Waals surface area contributed by atoms with Crippen LogP contribution < -0.4 is 5.32 Å². The maximum Gasteiger partial charge on any atom is 0.226 e. The highest BCUT2D eigenvalue weighted by Gasteiger charge is 2.42. The van der Waals surface area contributed by atoms with Crippen LogP contribution in [0.15, 0.2) is 48.5 Å². The van der Waals surface area contributed by atoms with Gasteiger partial charge in [-0.15, -0.1) is 0 Å². The van der Waals surface area contributed by atoms with Gasteiger partial charge in [0.25, 0.3) is 0 Å². The topological polar surface area (TPSA) is 32.3 Å². The molecule has 0 aromatic heterocycles. The minimum Gasteiger partial charge on any atom is -0.352 e. The average Bonchev–Trinajstić information content (AvgIpc) is 2.77. The summed E-state index contributed by atoms with van der Waals surface area (Å²) in [5.74, 6) is 0.0261. The second-order valence-electron chi connectivity index (χ2n) is 7.28. The van der Waals surface area contributed by atoms with Gasteiger partial charge in [0, 0.05) is 18.7 Å².